The highest BCUT2D eigenvalue weighted by Gasteiger charge is 2.40. The Kier molecular flexibility index (Phi) is 5.63. The Morgan fingerprint density at radius 3 is 2.77 bits per heavy atom. The maximum Gasteiger partial charge on any atom is 0.260 e. The van der Waals surface area contributed by atoms with Gasteiger partial charge in [-0.3, -0.25) is 24.5 Å². The highest BCUT2D eigenvalue weighted by molar-refractivity contribution is 6.05. The number of halogens is 2. The van der Waals surface area contributed by atoms with Crippen LogP contribution in [0.15, 0.2) is 18.2 Å². The average molecular weight is 435 g/mol. The number of amides is 4. The predicted molar refractivity (Wildman–Crippen MR) is 103 cm³/mol. The van der Waals surface area contributed by atoms with E-state index in [1.165, 1.54) is 9.80 Å². The number of rotatable bonds is 4. The second-order valence-electron chi connectivity index (χ2n) is 8.06. The minimum atomic E-state index is -2.75. The van der Waals surface area contributed by atoms with Gasteiger partial charge in [0.15, 0.2) is 6.61 Å². The van der Waals surface area contributed by atoms with Crippen molar-refractivity contribution >= 4 is 23.6 Å². The molecule has 3 heterocycles. The summed E-state index contributed by atoms with van der Waals surface area (Å²) in [5, 5.41) is 2.25. The Morgan fingerprint density at radius 1 is 1.19 bits per heavy atom. The minimum Gasteiger partial charge on any atom is -0.483 e. The van der Waals surface area contributed by atoms with Crippen LogP contribution in [0.25, 0.3) is 0 Å². The number of ether oxygens (including phenoxy) is 1. The molecule has 3 aliphatic heterocycles. The number of benzene rings is 1. The van der Waals surface area contributed by atoms with Crippen LogP contribution in [0.5, 0.6) is 5.75 Å². The van der Waals surface area contributed by atoms with Gasteiger partial charge in [0.1, 0.15) is 11.8 Å². The zero-order valence-electron chi connectivity index (χ0n) is 16.9. The van der Waals surface area contributed by atoms with Crippen molar-refractivity contribution < 1.29 is 32.7 Å². The molecule has 0 bridgehead atoms. The molecule has 0 saturated carbocycles. The lowest BCUT2D eigenvalue weighted by Crippen LogP contribution is -2.52. The molecule has 0 aromatic heterocycles. The molecule has 0 aliphatic carbocycles. The highest BCUT2D eigenvalue weighted by Crippen LogP contribution is 2.34. The lowest BCUT2D eigenvalue weighted by atomic mass is 10.0. The Labute approximate surface area is 177 Å². The molecule has 0 spiro atoms. The van der Waals surface area contributed by atoms with Crippen LogP contribution in [0.3, 0.4) is 0 Å². The van der Waals surface area contributed by atoms with Crippen LogP contribution >= 0.6 is 0 Å². The summed E-state index contributed by atoms with van der Waals surface area (Å²) in [6, 6.07) is 4.13. The summed E-state index contributed by atoms with van der Waals surface area (Å²) in [6.07, 6.45) is 0.0356. The Hall–Kier alpha value is -3.04. The monoisotopic (exact) mass is 435 g/mol. The number of nitrogens with one attached hydrogen (secondary N) is 1. The van der Waals surface area contributed by atoms with Gasteiger partial charge >= 0.3 is 0 Å². The summed E-state index contributed by atoms with van der Waals surface area (Å²) in [6.45, 7) is 0.0334. The van der Waals surface area contributed by atoms with Gasteiger partial charge in [-0.1, -0.05) is 6.07 Å². The molecule has 31 heavy (non-hydrogen) atoms. The maximum absolute atomic E-state index is 13.5. The van der Waals surface area contributed by atoms with Gasteiger partial charge in [0.25, 0.3) is 11.8 Å². The van der Waals surface area contributed by atoms with E-state index in [1.54, 1.807) is 18.2 Å². The summed E-state index contributed by atoms with van der Waals surface area (Å²) >= 11 is 0. The molecular weight excluding hydrogens is 412 g/mol. The first-order valence-electron chi connectivity index (χ1n) is 10.3. The van der Waals surface area contributed by atoms with Gasteiger partial charge in [-0.05, 0) is 25.0 Å². The van der Waals surface area contributed by atoms with Gasteiger partial charge in [0.05, 0.1) is 6.54 Å². The van der Waals surface area contributed by atoms with E-state index < -0.39 is 17.9 Å². The SMILES string of the molecule is O=C1CCC(N2Cc3c(OCC(=O)N4CCCC(F)(F)CC4)cccc3C2=O)C(=O)N1. The number of nitrogens with zero attached hydrogens (tertiary/aromatic N) is 2. The topological polar surface area (TPSA) is 96.0 Å². The third kappa shape index (κ3) is 4.38. The summed E-state index contributed by atoms with van der Waals surface area (Å²) in [5.41, 5.74) is 0.941. The number of fused-ring (bicyclic) bond motifs is 1. The molecule has 1 atom stereocenters. The second kappa shape index (κ2) is 8.24. The van der Waals surface area contributed by atoms with Crippen molar-refractivity contribution in [2.24, 2.45) is 0 Å². The molecule has 3 aliphatic rings. The van der Waals surface area contributed by atoms with Crippen molar-refractivity contribution in [2.45, 2.75) is 50.6 Å². The smallest absolute Gasteiger partial charge is 0.260 e. The van der Waals surface area contributed by atoms with Crippen LogP contribution in [0.2, 0.25) is 0 Å². The van der Waals surface area contributed by atoms with Crippen LogP contribution in [0.1, 0.15) is 48.0 Å². The number of carbonyl (C=O) groups excluding carboxylic acids is 4. The molecule has 1 aromatic carbocycles. The lowest BCUT2D eigenvalue weighted by molar-refractivity contribution is -0.137. The second-order valence-corrected chi connectivity index (χ2v) is 8.06. The summed E-state index contributed by atoms with van der Waals surface area (Å²) < 4.78 is 32.7. The van der Waals surface area contributed by atoms with Crippen molar-refractivity contribution in [3.05, 3.63) is 29.3 Å². The van der Waals surface area contributed by atoms with E-state index in [-0.39, 0.29) is 76.1 Å². The molecule has 2 saturated heterocycles. The number of alkyl halides is 2. The molecule has 2 fully saturated rings. The van der Waals surface area contributed by atoms with Gasteiger partial charge < -0.3 is 14.5 Å². The molecular formula is C21H23F2N3O5. The third-order valence-corrected chi connectivity index (χ3v) is 5.96. The Morgan fingerprint density at radius 2 is 2.00 bits per heavy atom. The number of piperidine rings is 1. The maximum atomic E-state index is 13.5. The van der Waals surface area contributed by atoms with Crippen molar-refractivity contribution in [3.8, 4) is 5.75 Å². The Balaban J connectivity index is 1.42. The van der Waals surface area contributed by atoms with Crippen LogP contribution in [-0.4, -0.2) is 65.1 Å². The quantitative estimate of drug-likeness (QED) is 0.723. The molecule has 166 valence electrons. The molecule has 1 unspecified atom stereocenters. The molecule has 10 heteroatoms. The van der Waals surface area contributed by atoms with E-state index in [1.807, 2.05) is 0 Å². The molecule has 1 N–H and O–H groups in total. The first kappa shape index (κ1) is 21.2. The summed E-state index contributed by atoms with van der Waals surface area (Å²) in [4.78, 5) is 51.6. The van der Waals surface area contributed by atoms with Gasteiger partial charge in [0, 0.05) is 43.5 Å². The van der Waals surface area contributed by atoms with E-state index in [0.29, 0.717) is 16.9 Å². The number of hydrogen-bond acceptors (Lipinski definition) is 5. The number of hydrogen-bond donors (Lipinski definition) is 1. The lowest BCUT2D eigenvalue weighted by Gasteiger charge is -2.29. The fraction of sp³-hybridized carbons (Fsp3) is 0.524. The van der Waals surface area contributed by atoms with E-state index in [2.05, 4.69) is 5.32 Å². The fourth-order valence-electron chi connectivity index (χ4n) is 4.24. The van der Waals surface area contributed by atoms with Crippen LogP contribution in [0.4, 0.5) is 8.78 Å². The number of carbonyl (C=O) groups is 4. The molecule has 8 nitrogen and oxygen atoms in total. The zero-order valence-corrected chi connectivity index (χ0v) is 16.9. The van der Waals surface area contributed by atoms with Gasteiger partial charge in [-0.15, -0.1) is 0 Å². The first-order chi connectivity index (χ1) is 14.7. The van der Waals surface area contributed by atoms with Gasteiger partial charge in [-0.2, -0.15) is 0 Å². The molecule has 1 aromatic rings. The number of likely N-dealkylation sites (tertiary alicyclic amines) is 1. The minimum absolute atomic E-state index is 0.0239. The van der Waals surface area contributed by atoms with Crippen LogP contribution < -0.4 is 10.1 Å². The predicted octanol–water partition coefficient (Wildman–Crippen LogP) is 1.47. The number of imide groups is 1. The summed E-state index contributed by atoms with van der Waals surface area (Å²) in [7, 11) is 0. The van der Waals surface area contributed by atoms with Crippen molar-refractivity contribution in [3.63, 3.8) is 0 Å². The zero-order chi connectivity index (χ0) is 22.2. The van der Waals surface area contributed by atoms with E-state index in [0.717, 1.165) is 0 Å². The van der Waals surface area contributed by atoms with Crippen molar-refractivity contribution in [1.29, 1.82) is 0 Å². The van der Waals surface area contributed by atoms with E-state index >= 15 is 0 Å². The Bertz CT molecular complexity index is 936. The molecule has 0 radical (unpaired) electrons. The van der Waals surface area contributed by atoms with Crippen LogP contribution in [0, 0.1) is 0 Å². The van der Waals surface area contributed by atoms with Crippen LogP contribution in [-0.2, 0) is 20.9 Å². The molecule has 4 rings (SSSR count). The van der Waals surface area contributed by atoms with Crippen molar-refractivity contribution in [2.75, 3.05) is 19.7 Å². The summed E-state index contributed by atoms with van der Waals surface area (Å²) in [5.74, 6) is -4.00. The largest absolute Gasteiger partial charge is 0.483 e. The van der Waals surface area contributed by atoms with Gasteiger partial charge in [-0.25, -0.2) is 8.78 Å². The third-order valence-electron chi connectivity index (χ3n) is 5.96. The molecule has 4 amide bonds. The standard InChI is InChI=1S/C21H23F2N3O5/c22-21(23)7-2-9-25(10-8-21)18(28)12-31-16-4-1-3-13-14(16)11-26(20(13)30)15-5-6-17(27)24-19(15)29/h1,3-4,15H,2,5-12H2,(H,24,27,29). The van der Waals surface area contributed by atoms with Crippen molar-refractivity contribution in [1.82, 2.24) is 15.1 Å². The van der Waals surface area contributed by atoms with E-state index in [4.69, 9.17) is 4.74 Å². The van der Waals surface area contributed by atoms with E-state index in [9.17, 15) is 28.0 Å². The van der Waals surface area contributed by atoms with Gasteiger partial charge in [0.2, 0.25) is 17.7 Å². The fourth-order valence-corrected chi connectivity index (χ4v) is 4.24. The normalized spacial score (nSPS) is 23.3. The first-order valence-corrected chi connectivity index (χ1v) is 10.3. The highest BCUT2D eigenvalue weighted by atomic mass is 19.3. The average Bonchev–Trinajstić information content (AvgIpc) is 2.93.